The first-order valence-corrected chi connectivity index (χ1v) is 22.0. The Hall–Kier alpha value is -7.22. The van der Waals surface area contributed by atoms with E-state index in [1.54, 1.807) is 0 Å². The van der Waals surface area contributed by atoms with Gasteiger partial charge in [-0.1, -0.05) is 210 Å². The highest BCUT2D eigenvalue weighted by atomic mass is 15.1. The summed E-state index contributed by atoms with van der Waals surface area (Å²) in [7, 11) is 0. The van der Waals surface area contributed by atoms with E-state index in [1.807, 2.05) is 0 Å². The minimum absolute atomic E-state index is 0.164. The summed E-state index contributed by atoms with van der Waals surface area (Å²) >= 11 is 0. The molecule has 0 spiro atoms. The van der Waals surface area contributed by atoms with E-state index in [4.69, 9.17) is 0 Å². The standard InChI is InChI=1S/C61H47N/c1-59(2)51-27-15-11-23-45(51)49-36-35-44(37-55(49)59)62(43-33-31-41(32-34-43)40-19-7-5-8-20-40)58-38-50-48-26-12-16-28-52(48)60(3,4)56(50)39-57(58)61(42-21-9-6-10-22-42)53-29-17-13-24-46(53)47-25-14-18-30-54(47)61/h5-39H,1-4H3. The van der Waals surface area contributed by atoms with Crippen molar-refractivity contribution in [1.29, 1.82) is 0 Å². The molecule has 0 heterocycles. The zero-order chi connectivity index (χ0) is 41.8. The summed E-state index contributed by atoms with van der Waals surface area (Å²) < 4.78 is 0. The molecule has 0 amide bonds. The zero-order valence-electron chi connectivity index (χ0n) is 35.7. The van der Waals surface area contributed by atoms with Crippen molar-refractivity contribution in [2.75, 3.05) is 4.90 Å². The van der Waals surface area contributed by atoms with Crippen LogP contribution in [0.25, 0.3) is 44.5 Å². The lowest BCUT2D eigenvalue weighted by molar-refractivity contribution is 0.655. The van der Waals surface area contributed by atoms with Crippen LogP contribution < -0.4 is 4.90 Å². The largest absolute Gasteiger partial charge is 0.310 e. The topological polar surface area (TPSA) is 3.24 Å². The van der Waals surface area contributed by atoms with Crippen LogP contribution >= 0.6 is 0 Å². The molecule has 1 nitrogen and oxygen atoms in total. The summed E-state index contributed by atoms with van der Waals surface area (Å²) in [6, 6.07) is 79.9. The van der Waals surface area contributed by atoms with E-state index in [0.29, 0.717) is 0 Å². The van der Waals surface area contributed by atoms with Gasteiger partial charge in [-0.2, -0.15) is 0 Å². The van der Waals surface area contributed by atoms with Crippen molar-refractivity contribution in [2.24, 2.45) is 0 Å². The lowest BCUT2D eigenvalue weighted by Crippen LogP contribution is -2.31. The Labute approximate surface area is 365 Å². The molecule has 0 radical (unpaired) electrons. The predicted octanol–water partition coefficient (Wildman–Crippen LogP) is 15.8. The Morgan fingerprint density at radius 2 is 0.710 bits per heavy atom. The van der Waals surface area contributed by atoms with E-state index < -0.39 is 5.41 Å². The van der Waals surface area contributed by atoms with Crippen LogP contribution in [-0.4, -0.2) is 0 Å². The summed E-state index contributed by atoms with van der Waals surface area (Å²) in [6.45, 7) is 9.59. The highest BCUT2D eigenvalue weighted by Gasteiger charge is 2.49. The first-order chi connectivity index (χ1) is 30.3. The molecule has 0 aliphatic heterocycles. The van der Waals surface area contributed by atoms with Crippen molar-refractivity contribution < 1.29 is 0 Å². The molecule has 0 aromatic heterocycles. The second kappa shape index (κ2) is 13.4. The Morgan fingerprint density at radius 3 is 1.29 bits per heavy atom. The lowest BCUT2D eigenvalue weighted by atomic mass is 9.66. The molecule has 0 bridgehead atoms. The second-order valence-electron chi connectivity index (χ2n) is 18.4. The number of hydrogen-bond donors (Lipinski definition) is 0. The van der Waals surface area contributed by atoms with Crippen molar-refractivity contribution in [3.05, 3.63) is 257 Å². The van der Waals surface area contributed by atoms with Gasteiger partial charge in [0.15, 0.2) is 0 Å². The van der Waals surface area contributed by atoms with Crippen molar-refractivity contribution in [1.82, 2.24) is 0 Å². The van der Waals surface area contributed by atoms with Gasteiger partial charge in [0.2, 0.25) is 0 Å². The zero-order valence-corrected chi connectivity index (χ0v) is 35.7. The number of nitrogens with zero attached hydrogens (tertiary/aromatic N) is 1. The number of fused-ring (bicyclic) bond motifs is 9. The Kier molecular flexibility index (Phi) is 7.91. The maximum absolute atomic E-state index is 2.61. The van der Waals surface area contributed by atoms with Gasteiger partial charge in [0, 0.05) is 22.2 Å². The van der Waals surface area contributed by atoms with Crippen molar-refractivity contribution >= 4 is 17.1 Å². The second-order valence-corrected chi connectivity index (χ2v) is 18.4. The fourth-order valence-corrected chi connectivity index (χ4v) is 11.6. The Balaban J connectivity index is 1.22. The average Bonchev–Trinajstić information content (AvgIpc) is 3.84. The van der Waals surface area contributed by atoms with Gasteiger partial charge in [0.1, 0.15) is 0 Å². The van der Waals surface area contributed by atoms with Crippen LogP contribution in [0.4, 0.5) is 17.1 Å². The van der Waals surface area contributed by atoms with Gasteiger partial charge >= 0.3 is 0 Å². The third-order valence-electron chi connectivity index (χ3n) is 14.6. The molecule has 12 rings (SSSR count). The highest BCUT2D eigenvalue weighted by Crippen LogP contribution is 2.62. The van der Waals surface area contributed by atoms with E-state index in [9.17, 15) is 0 Å². The van der Waals surface area contributed by atoms with E-state index in [0.717, 1.165) is 11.4 Å². The fraction of sp³-hybridized carbons (Fsp3) is 0.115. The summed E-state index contributed by atoms with van der Waals surface area (Å²) in [5, 5.41) is 0. The van der Waals surface area contributed by atoms with Crippen LogP contribution in [-0.2, 0) is 16.2 Å². The van der Waals surface area contributed by atoms with Gasteiger partial charge in [0.05, 0.1) is 11.1 Å². The van der Waals surface area contributed by atoms with Crippen molar-refractivity contribution in [3.8, 4) is 44.5 Å². The van der Waals surface area contributed by atoms with Gasteiger partial charge < -0.3 is 4.90 Å². The molecule has 0 N–H and O–H groups in total. The molecular formula is C61H47N. The predicted molar refractivity (Wildman–Crippen MR) is 259 cm³/mol. The first kappa shape index (κ1) is 36.6. The molecular weight excluding hydrogens is 747 g/mol. The summed E-state index contributed by atoms with van der Waals surface area (Å²) in [5.74, 6) is 0. The van der Waals surface area contributed by atoms with Gasteiger partial charge in [-0.15, -0.1) is 0 Å². The third kappa shape index (κ3) is 5.03. The van der Waals surface area contributed by atoms with Crippen molar-refractivity contribution in [2.45, 2.75) is 43.9 Å². The summed E-state index contributed by atoms with van der Waals surface area (Å²) in [6.07, 6.45) is 0. The SMILES string of the molecule is CC1(C)c2ccccc2-c2ccc(N(c3ccc(-c4ccccc4)cc3)c3cc4c(cc3C3(c5ccccc5)c5ccccc5-c5ccccc53)C(C)(C)c3ccccc3-4)cc21. The van der Waals surface area contributed by atoms with Crippen LogP contribution in [0, 0.1) is 0 Å². The monoisotopic (exact) mass is 793 g/mol. The summed E-state index contributed by atoms with van der Waals surface area (Å²) in [4.78, 5) is 2.58. The number of rotatable bonds is 6. The van der Waals surface area contributed by atoms with Crippen LogP contribution in [0.15, 0.2) is 212 Å². The number of anilines is 3. The van der Waals surface area contributed by atoms with E-state index in [1.165, 1.54) is 94.7 Å². The lowest BCUT2D eigenvalue weighted by Gasteiger charge is -2.39. The van der Waals surface area contributed by atoms with E-state index >= 15 is 0 Å². The van der Waals surface area contributed by atoms with E-state index in [-0.39, 0.29) is 10.8 Å². The Bertz CT molecular complexity index is 3180. The van der Waals surface area contributed by atoms with Crippen LogP contribution in [0.5, 0.6) is 0 Å². The van der Waals surface area contributed by atoms with Crippen molar-refractivity contribution in [3.63, 3.8) is 0 Å². The molecule has 9 aromatic rings. The molecule has 9 aromatic carbocycles. The number of benzene rings is 9. The maximum atomic E-state index is 2.61. The molecule has 3 aliphatic carbocycles. The van der Waals surface area contributed by atoms with Crippen LogP contribution in [0.1, 0.15) is 72.2 Å². The molecule has 3 aliphatic rings. The van der Waals surface area contributed by atoms with E-state index in [2.05, 4.69) is 245 Å². The van der Waals surface area contributed by atoms with Gasteiger partial charge in [0.25, 0.3) is 0 Å². The highest BCUT2D eigenvalue weighted by molar-refractivity contribution is 5.95. The average molecular weight is 794 g/mol. The smallest absolute Gasteiger partial charge is 0.0734 e. The molecule has 0 unspecified atom stereocenters. The molecule has 0 atom stereocenters. The maximum Gasteiger partial charge on any atom is 0.0734 e. The van der Waals surface area contributed by atoms with Gasteiger partial charge in [-0.3, -0.25) is 0 Å². The number of hydrogen-bond acceptors (Lipinski definition) is 1. The third-order valence-corrected chi connectivity index (χ3v) is 14.6. The Morgan fingerprint density at radius 1 is 0.290 bits per heavy atom. The first-order valence-electron chi connectivity index (χ1n) is 22.0. The van der Waals surface area contributed by atoms with Crippen LogP contribution in [0.2, 0.25) is 0 Å². The normalized spacial score (nSPS) is 15.2. The summed E-state index contributed by atoms with van der Waals surface area (Å²) in [5.41, 5.74) is 23.3. The molecule has 0 fully saturated rings. The molecule has 0 saturated heterocycles. The minimum Gasteiger partial charge on any atom is -0.310 e. The molecule has 62 heavy (non-hydrogen) atoms. The van der Waals surface area contributed by atoms with Crippen LogP contribution in [0.3, 0.4) is 0 Å². The minimum atomic E-state index is -0.627. The molecule has 0 saturated carbocycles. The van der Waals surface area contributed by atoms with Gasteiger partial charge in [-0.25, -0.2) is 0 Å². The van der Waals surface area contributed by atoms with Gasteiger partial charge in [-0.05, 0) is 119 Å². The quantitative estimate of drug-likeness (QED) is 0.162. The molecule has 296 valence electrons. The molecule has 1 heteroatoms. The fourth-order valence-electron chi connectivity index (χ4n) is 11.6.